The van der Waals surface area contributed by atoms with Gasteiger partial charge in [-0.15, -0.1) is 0 Å². The van der Waals surface area contributed by atoms with Crippen molar-refractivity contribution in [2.75, 3.05) is 0 Å². The Morgan fingerprint density at radius 2 is 2.33 bits per heavy atom. The lowest BCUT2D eigenvalue weighted by molar-refractivity contribution is -0.139. The summed E-state index contributed by atoms with van der Waals surface area (Å²) in [5.41, 5.74) is 0. The molecule has 1 aromatic heterocycles. The van der Waals surface area contributed by atoms with E-state index in [1.165, 1.54) is 12.1 Å². The molecule has 0 saturated carbocycles. The third-order valence-corrected chi connectivity index (χ3v) is 2.04. The van der Waals surface area contributed by atoms with Crippen LogP contribution in [0.3, 0.4) is 0 Å². The van der Waals surface area contributed by atoms with Crippen LogP contribution in [0.1, 0.15) is 37.2 Å². The lowest BCUT2D eigenvalue weighted by Gasteiger charge is -2.07. The van der Waals surface area contributed by atoms with Gasteiger partial charge < -0.3 is 9.15 Å². The zero-order chi connectivity index (χ0) is 11.3. The maximum absolute atomic E-state index is 11.4. The van der Waals surface area contributed by atoms with E-state index >= 15 is 0 Å². The Kier molecular flexibility index (Phi) is 4.09. The molecule has 0 bridgehead atoms. The van der Waals surface area contributed by atoms with E-state index in [9.17, 15) is 9.59 Å². The fourth-order valence-electron chi connectivity index (χ4n) is 1.20. The quantitative estimate of drug-likeness (QED) is 0.553. The van der Waals surface area contributed by atoms with Crippen molar-refractivity contribution < 1.29 is 18.7 Å². The topological polar surface area (TPSA) is 56.5 Å². The highest BCUT2D eigenvalue weighted by atomic mass is 16.6. The van der Waals surface area contributed by atoms with Gasteiger partial charge in [-0.2, -0.15) is 0 Å². The number of carbonyl (C=O) groups excluding carboxylic acids is 2. The average molecular weight is 210 g/mol. The van der Waals surface area contributed by atoms with E-state index in [0.717, 1.165) is 12.8 Å². The summed E-state index contributed by atoms with van der Waals surface area (Å²) >= 11 is 0. The van der Waals surface area contributed by atoms with E-state index in [0.29, 0.717) is 6.29 Å². The first kappa shape index (κ1) is 11.5. The number of rotatable bonds is 5. The summed E-state index contributed by atoms with van der Waals surface area (Å²) in [6, 6.07) is 2.92. The molecule has 0 saturated heterocycles. The van der Waals surface area contributed by atoms with E-state index in [1.54, 1.807) is 6.92 Å². The molecule has 1 rings (SSSR count). The van der Waals surface area contributed by atoms with Crippen LogP contribution in [-0.4, -0.2) is 12.3 Å². The lowest BCUT2D eigenvalue weighted by atomic mass is 10.1. The van der Waals surface area contributed by atoms with Crippen LogP contribution in [0, 0.1) is 5.92 Å². The minimum Gasteiger partial charge on any atom is -0.422 e. The van der Waals surface area contributed by atoms with Crippen LogP contribution >= 0.6 is 0 Å². The van der Waals surface area contributed by atoms with Crippen molar-refractivity contribution in [3.05, 3.63) is 17.9 Å². The first-order valence-corrected chi connectivity index (χ1v) is 4.94. The highest BCUT2D eigenvalue weighted by Gasteiger charge is 2.15. The van der Waals surface area contributed by atoms with Gasteiger partial charge in [-0.1, -0.05) is 20.3 Å². The first-order chi connectivity index (χ1) is 7.17. The number of hydrogen-bond acceptors (Lipinski definition) is 4. The Balaban J connectivity index is 2.54. The van der Waals surface area contributed by atoms with Gasteiger partial charge in [-0.05, 0) is 12.5 Å². The number of esters is 1. The summed E-state index contributed by atoms with van der Waals surface area (Å²) in [6.45, 7) is 3.80. The number of carbonyl (C=O) groups is 2. The molecule has 0 aliphatic heterocycles. The molecule has 0 aliphatic carbocycles. The van der Waals surface area contributed by atoms with Gasteiger partial charge in [0.05, 0.1) is 5.92 Å². The summed E-state index contributed by atoms with van der Waals surface area (Å²) in [7, 11) is 0. The van der Waals surface area contributed by atoms with E-state index in [2.05, 4.69) is 0 Å². The average Bonchev–Trinajstić information content (AvgIpc) is 2.66. The predicted molar refractivity (Wildman–Crippen MR) is 53.8 cm³/mol. The highest BCUT2D eigenvalue weighted by molar-refractivity contribution is 5.75. The Hall–Kier alpha value is -1.58. The minimum absolute atomic E-state index is 0.0741. The summed E-state index contributed by atoms with van der Waals surface area (Å²) < 4.78 is 9.87. The van der Waals surface area contributed by atoms with Crippen LogP contribution in [0.2, 0.25) is 0 Å². The van der Waals surface area contributed by atoms with Crippen LogP contribution in [0.25, 0.3) is 0 Å². The van der Waals surface area contributed by atoms with Crippen LogP contribution in [-0.2, 0) is 4.79 Å². The molecule has 0 amide bonds. The Labute approximate surface area is 88.2 Å². The molecule has 0 N–H and O–H groups in total. The molecule has 1 aromatic rings. The van der Waals surface area contributed by atoms with Crippen LogP contribution in [0.15, 0.2) is 16.5 Å². The summed E-state index contributed by atoms with van der Waals surface area (Å²) in [5, 5.41) is 0. The van der Waals surface area contributed by atoms with Crippen LogP contribution in [0.4, 0.5) is 0 Å². The summed E-state index contributed by atoms with van der Waals surface area (Å²) in [5.74, 6) is -0.255. The first-order valence-electron chi connectivity index (χ1n) is 4.94. The van der Waals surface area contributed by atoms with Gasteiger partial charge in [0.25, 0.3) is 5.95 Å². The van der Waals surface area contributed by atoms with Crippen molar-refractivity contribution in [2.24, 2.45) is 5.92 Å². The predicted octanol–water partition coefficient (Wildman–Crippen LogP) is 2.43. The largest absolute Gasteiger partial charge is 0.422 e. The second kappa shape index (κ2) is 5.34. The fraction of sp³-hybridized carbons (Fsp3) is 0.455. The van der Waals surface area contributed by atoms with Gasteiger partial charge in [0, 0.05) is 6.07 Å². The Morgan fingerprint density at radius 3 is 2.87 bits per heavy atom. The Morgan fingerprint density at radius 1 is 1.60 bits per heavy atom. The van der Waals surface area contributed by atoms with Crippen molar-refractivity contribution in [1.82, 2.24) is 0 Å². The second-order valence-corrected chi connectivity index (χ2v) is 3.39. The van der Waals surface area contributed by atoms with Gasteiger partial charge in [0.1, 0.15) is 0 Å². The van der Waals surface area contributed by atoms with Gasteiger partial charge in [-0.25, -0.2) is 0 Å². The maximum atomic E-state index is 11.4. The van der Waals surface area contributed by atoms with Crippen LogP contribution < -0.4 is 4.74 Å². The zero-order valence-corrected chi connectivity index (χ0v) is 8.86. The van der Waals surface area contributed by atoms with Gasteiger partial charge in [0.15, 0.2) is 12.0 Å². The van der Waals surface area contributed by atoms with Gasteiger partial charge >= 0.3 is 5.97 Å². The number of hydrogen-bond donors (Lipinski definition) is 0. The van der Waals surface area contributed by atoms with E-state index < -0.39 is 0 Å². The van der Waals surface area contributed by atoms with Crippen molar-refractivity contribution in [2.45, 2.75) is 26.7 Å². The highest BCUT2D eigenvalue weighted by Crippen LogP contribution is 2.17. The van der Waals surface area contributed by atoms with Gasteiger partial charge in [0.2, 0.25) is 0 Å². The van der Waals surface area contributed by atoms with Crippen molar-refractivity contribution in [1.29, 1.82) is 0 Å². The number of ether oxygens (including phenoxy) is 1. The fourth-order valence-corrected chi connectivity index (χ4v) is 1.20. The molecule has 1 atom stereocenters. The van der Waals surface area contributed by atoms with Crippen LogP contribution in [0.5, 0.6) is 5.95 Å². The smallest absolute Gasteiger partial charge is 0.316 e. The molecular formula is C11H14O4. The number of aldehydes is 1. The van der Waals surface area contributed by atoms with Crippen molar-refractivity contribution in [3.63, 3.8) is 0 Å². The molecule has 0 aliphatic rings. The molecule has 4 heteroatoms. The summed E-state index contributed by atoms with van der Waals surface area (Å²) in [6.07, 6.45) is 2.26. The van der Waals surface area contributed by atoms with E-state index in [4.69, 9.17) is 9.15 Å². The maximum Gasteiger partial charge on any atom is 0.316 e. The molecule has 0 spiro atoms. The SMILES string of the molecule is CCCC(C)C(=O)Oc1ccc(C=O)o1. The van der Waals surface area contributed by atoms with Crippen molar-refractivity contribution in [3.8, 4) is 5.95 Å². The monoisotopic (exact) mass is 210 g/mol. The Bertz CT molecular complexity index is 340. The number of furan rings is 1. The summed E-state index contributed by atoms with van der Waals surface area (Å²) in [4.78, 5) is 21.7. The molecule has 1 heterocycles. The molecule has 0 aromatic carbocycles. The third kappa shape index (κ3) is 3.23. The zero-order valence-electron chi connectivity index (χ0n) is 8.86. The molecule has 82 valence electrons. The van der Waals surface area contributed by atoms with E-state index in [-0.39, 0.29) is 23.6 Å². The lowest BCUT2D eigenvalue weighted by Crippen LogP contribution is -2.17. The molecule has 1 unspecified atom stereocenters. The van der Waals surface area contributed by atoms with Gasteiger partial charge in [-0.3, -0.25) is 9.59 Å². The molecule has 0 radical (unpaired) electrons. The van der Waals surface area contributed by atoms with Crippen molar-refractivity contribution >= 4 is 12.3 Å². The normalized spacial score (nSPS) is 12.1. The molecular weight excluding hydrogens is 196 g/mol. The molecule has 15 heavy (non-hydrogen) atoms. The molecule has 4 nitrogen and oxygen atoms in total. The molecule has 0 fully saturated rings. The standard InChI is InChI=1S/C11H14O4/c1-3-4-8(2)11(13)15-10-6-5-9(7-12)14-10/h5-8H,3-4H2,1-2H3. The minimum atomic E-state index is -0.330. The second-order valence-electron chi connectivity index (χ2n) is 3.39. The van der Waals surface area contributed by atoms with E-state index in [1.807, 2.05) is 6.92 Å². The third-order valence-electron chi connectivity index (χ3n) is 2.04.